The Morgan fingerprint density at radius 1 is 1.23 bits per heavy atom. The Bertz CT molecular complexity index is 946. The molecule has 0 aliphatic carbocycles. The molecule has 2 N–H and O–H groups in total. The number of rotatable bonds is 6. The van der Waals surface area contributed by atoms with E-state index in [1.54, 1.807) is 30.5 Å². The fourth-order valence-electron chi connectivity index (χ4n) is 2.69. The van der Waals surface area contributed by atoms with Crippen LogP contribution in [0.2, 0.25) is 0 Å². The molecular formula is C21H20N2O3. The molecule has 0 bridgehead atoms. The molecular weight excluding hydrogens is 328 g/mol. The molecule has 3 aromatic rings. The molecule has 2 aromatic carbocycles. The van der Waals surface area contributed by atoms with Crippen LogP contribution in [0.3, 0.4) is 0 Å². The van der Waals surface area contributed by atoms with Crippen molar-refractivity contribution in [3.63, 3.8) is 0 Å². The number of benzene rings is 2. The zero-order valence-electron chi connectivity index (χ0n) is 14.5. The maximum atomic E-state index is 12.2. The zero-order chi connectivity index (χ0) is 18.4. The molecule has 1 heterocycles. The number of para-hydroxylation sites is 1. The molecule has 132 valence electrons. The lowest BCUT2D eigenvalue weighted by Gasteiger charge is -2.10. The van der Waals surface area contributed by atoms with Gasteiger partial charge in [-0.15, -0.1) is 0 Å². The van der Waals surface area contributed by atoms with E-state index < -0.39 is 0 Å². The second-order valence-corrected chi connectivity index (χ2v) is 5.65. The lowest BCUT2D eigenvalue weighted by atomic mass is 10.1. The van der Waals surface area contributed by atoms with E-state index in [0.29, 0.717) is 23.6 Å². The summed E-state index contributed by atoms with van der Waals surface area (Å²) in [6, 6.07) is 14.8. The van der Waals surface area contributed by atoms with Crippen LogP contribution < -0.4 is 10.1 Å². The van der Waals surface area contributed by atoms with Crippen molar-refractivity contribution in [2.75, 3.05) is 11.9 Å². The highest BCUT2D eigenvalue weighted by Crippen LogP contribution is 2.23. The van der Waals surface area contributed by atoms with Crippen molar-refractivity contribution in [1.82, 2.24) is 4.98 Å². The summed E-state index contributed by atoms with van der Waals surface area (Å²) in [6.07, 6.45) is 4.97. The number of aliphatic hydroxyl groups excluding tert-OH is 1. The summed E-state index contributed by atoms with van der Waals surface area (Å²) in [5, 5.41) is 13.2. The van der Waals surface area contributed by atoms with Crippen LogP contribution in [0.25, 0.3) is 17.0 Å². The zero-order valence-corrected chi connectivity index (χ0v) is 14.5. The van der Waals surface area contributed by atoms with Crippen molar-refractivity contribution in [2.45, 2.75) is 13.5 Å². The predicted octanol–water partition coefficient (Wildman–Crippen LogP) is 3.78. The van der Waals surface area contributed by atoms with Gasteiger partial charge in [-0.3, -0.25) is 9.78 Å². The number of pyridine rings is 1. The summed E-state index contributed by atoms with van der Waals surface area (Å²) in [7, 11) is 0. The van der Waals surface area contributed by atoms with E-state index in [0.717, 1.165) is 16.5 Å². The van der Waals surface area contributed by atoms with Gasteiger partial charge in [0.15, 0.2) is 0 Å². The first-order valence-electron chi connectivity index (χ1n) is 8.40. The fourth-order valence-corrected chi connectivity index (χ4v) is 2.69. The van der Waals surface area contributed by atoms with E-state index in [2.05, 4.69) is 10.3 Å². The van der Waals surface area contributed by atoms with Crippen molar-refractivity contribution in [1.29, 1.82) is 0 Å². The molecule has 0 fully saturated rings. The van der Waals surface area contributed by atoms with E-state index in [4.69, 9.17) is 4.74 Å². The van der Waals surface area contributed by atoms with Crippen LogP contribution in [0, 0.1) is 0 Å². The Labute approximate surface area is 152 Å². The topological polar surface area (TPSA) is 71.5 Å². The van der Waals surface area contributed by atoms with E-state index in [-0.39, 0.29) is 12.5 Å². The van der Waals surface area contributed by atoms with Crippen molar-refractivity contribution in [2.24, 2.45) is 0 Å². The quantitative estimate of drug-likeness (QED) is 0.665. The molecule has 0 radical (unpaired) electrons. The van der Waals surface area contributed by atoms with Crippen LogP contribution in [0.15, 0.2) is 60.8 Å². The van der Waals surface area contributed by atoms with Gasteiger partial charge in [-0.05, 0) is 48.9 Å². The van der Waals surface area contributed by atoms with Gasteiger partial charge in [-0.25, -0.2) is 0 Å². The number of anilines is 1. The van der Waals surface area contributed by atoms with Gasteiger partial charge in [0, 0.05) is 28.9 Å². The molecule has 5 heteroatoms. The molecule has 0 aliphatic heterocycles. The van der Waals surface area contributed by atoms with Gasteiger partial charge in [-0.2, -0.15) is 0 Å². The number of amides is 1. The second-order valence-electron chi connectivity index (χ2n) is 5.65. The molecule has 0 saturated carbocycles. The molecule has 1 amide bonds. The van der Waals surface area contributed by atoms with Crippen molar-refractivity contribution >= 4 is 28.6 Å². The van der Waals surface area contributed by atoms with Crippen molar-refractivity contribution in [3.05, 3.63) is 71.9 Å². The van der Waals surface area contributed by atoms with Gasteiger partial charge in [0.1, 0.15) is 5.75 Å². The summed E-state index contributed by atoms with van der Waals surface area (Å²) in [4.78, 5) is 16.5. The molecule has 26 heavy (non-hydrogen) atoms. The molecule has 0 unspecified atom stereocenters. The first-order valence-corrected chi connectivity index (χ1v) is 8.40. The van der Waals surface area contributed by atoms with E-state index >= 15 is 0 Å². The van der Waals surface area contributed by atoms with Crippen LogP contribution in [-0.2, 0) is 11.4 Å². The number of carbonyl (C=O) groups is 1. The summed E-state index contributed by atoms with van der Waals surface area (Å²) < 4.78 is 5.44. The highest BCUT2D eigenvalue weighted by molar-refractivity contribution is 6.03. The number of hydrogen-bond donors (Lipinski definition) is 2. The average Bonchev–Trinajstić information content (AvgIpc) is 2.67. The minimum absolute atomic E-state index is 0.155. The van der Waals surface area contributed by atoms with Gasteiger partial charge in [0.05, 0.1) is 18.7 Å². The molecule has 0 aliphatic rings. The number of hydrogen-bond acceptors (Lipinski definition) is 4. The number of fused-ring (bicyclic) bond motifs is 1. The van der Waals surface area contributed by atoms with Crippen LogP contribution in [0.5, 0.6) is 5.75 Å². The average molecular weight is 348 g/mol. The Balaban J connectivity index is 1.75. The first kappa shape index (κ1) is 17.6. The van der Waals surface area contributed by atoms with E-state index in [1.165, 1.54) is 6.08 Å². The summed E-state index contributed by atoms with van der Waals surface area (Å²) >= 11 is 0. The maximum Gasteiger partial charge on any atom is 0.248 e. The Morgan fingerprint density at radius 3 is 2.88 bits per heavy atom. The third kappa shape index (κ3) is 4.07. The van der Waals surface area contributed by atoms with Crippen LogP contribution in [0.4, 0.5) is 5.69 Å². The number of nitrogens with zero attached hydrogens (tertiary/aromatic N) is 1. The molecule has 1 aromatic heterocycles. The third-order valence-electron chi connectivity index (χ3n) is 3.90. The SMILES string of the molecule is CCOc1ccc(NC(=O)/C=C/c2ccnc3ccccc23)cc1CO. The molecule has 0 spiro atoms. The van der Waals surface area contributed by atoms with Gasteiger partial charge >= 0.3 is 0 Å². The first-order chi connectivity index (χ1) is 12.7. The highest BCUT2D eigenvalue weighted by atomic mass is 16.5. The van der Waals surface area contributed by atoms with Gasteiger partial charge in [-0.1, -0.05) is 18.2 Å². The Kier molecular flexibility index (Phi) is 5.61. The lowest BCUT2D eigenvalue weighted by Crippen LogP contribution is -2.08. The normalized spacial score (nSPS) is 11.0. The van der Waals surface area contributed by atoms with Gasteiger partial charge in [0.25, 0.3) is 0 Å². The number of aliphatic hydroxyl groups is 1. The van der Waals surface area contributed by atoms with Gasteiger partial charge < -0.3 is 15.2 Å². The highest BCUT2D eigenvalue weighted by Gasteiger charge is 2.06. The van der Waals surface area contributed by atoms with Gasteiger partial charge in [0.2, 0.25) is 5.91 Å². The van der Waals surface area contributed by atoms with Crippen molar-refractivity contribution < 1.29 is 14.6 Å². The number of ether oxygens (including phenoxy) is 1. The van der Waals surface area contributed by atoms with Crippen LogP contribution in [0.1, 0.15) is 18.1 Å². The Hall–Kier alpha value is -3.18. The standard InChI is InChI=1S/C21H20N2O3/c1-2-26-20-9-8-17(13-16(20)14-24)23-21(25)10-7-15-11-12-22-19-6-4-3-5-18(15)19/h3-13,24H,2,14H2,1H3,(H,23,25)/b10-7+. The Morgan fingerprint density at radius 2 is 2.08 bits per heavy atom. The smallest absolute Gasteiger partial charge is 0.248 e. The monoisotopic (exact) mass is 348 g/mol. The summed E-state index contributed by atoms with van der Waals surface area (Å²) in [5.74, 6) is 0.366. The maximum absolute atomic E-state index is 12.2. The van der Waals surface area contributed by atoms with E-state index in [9.17, 15) is 9.90 Å². The largest absolute Gasteiger partial charge is 0.494 e. The van der Waals surface area contributed by atoms with E-state index in [1.807, 2.05) is 37.3 Å². The molecule has 0 atom stereocenters. The van der Waals surface area contributed by atoms with Crippen molar-refractivity contribution in [3.8, 4) is 5.75 Å². The molecule has 0 saturated heterocycles. The minimum atomic E-state index is -0.251. The minimum Gasteiger partial charge on any atom is -0.494 e. The summed E-state index contributed by atoms with van der Waals surface area (Å²) in [5.41, 5.74) is 3.04. The predicted molar refractivity (Wildman–Crippen MR) is 103 cm³/mol. The fraction of sp³-hybridized carbons (Fsp3) is 0.143. The number of carbonyl (C=O) groups excluding carboxylic acids is 1. The number of aromatic nitrogens is 1. The van der Waals surface area contributed by atoms with Crippen LogP contribution in [-0.4, -0.2) is 22.6 Å². The molecule has 3 rings (SSSR count). The number of nitrogens with one attached hydrogen (secondary N) is 1. The molecule has 5 nitrogen and oxygen atoms in total. The summed E-state index contributed by atoms with van der Waals surface area (Å²) in [6.45, 7) is 2.24. The lowest BCUT2D eigenvalue weighted by molar-refractivity contribution is -0.111. The van der Waals surface area contributed by atoms with Crippen LogP contribution >= 0.6 is 0 Å². The second kappa shape index (κ2) is 8.27. The third-order valence-corrected chi connectivity index (χ3v) is 3.90.